The summed E-state index contributed by atoms with van der Waals surface area (Å²) < 4.78 is 0. The Morgan fingerprint density at radius 1 is 1.40 bits per heavy atom. The lowest BCUT2D eigenvalue weighted by molar-refractivity contribution is 0.103. The van der Waals surface area contributed by atoms with Crippen molar-refractivity contribution in [3.8, 4) is 0 Å². The van der Waals surface area contributed by atoms with Crippen LogP contribution < -0.4 is 5.06 Å². The third kappa shape index (κ3) is 3.44. The Labute approximate surface area is 124 Å². The SMILES string of the molecule is CCON(C(=O)O)c1ccc(C2CCCCC2)c(Cl)c1. The third-order valence-corrected chi connectivity index (χ3v) is 4.02. The zero-order chi connectivity index (χ0) is 14.5. The summed E-state index contributed by atoms with van der Waals surface area (Å²) in [7, 11) is 0. The summed E-state index contributed by atoms with van der Waals surface area (Å²) in [6.45, 7) is 2.03. The lowest BCUT2D eigenvalue weighted by atomic mass is 9.84. The highest BCUT2D eigenvalue weighted by molar-refractivity contribution is 6.31. The molecule has 0 radical (unpaired) electrons. The van der Waals surface area contributed by atoms with Crippen LogP contribution in [0, 0.1) is 0 Å². The van der Waals surface area contributed by atoms with E-state index in [-0.39, 0.29) is 6.61 Å². The van der Waals surface area contributed by atoms with Gasteiger partial charge in [-0.2, -0.15) is 5.06 Å². The van der Waals surface area contributed by atoms with Crippen LogP contribution in [0.4, 0.5) is 10.5 Å². The zero-order valence-corrected chi connectivity index (χ0v) is 12.4. The molecule has 20 heavy (non-hydrogen) atoms. The molecule has 1 fully saturated rings. The van der Waals surface area contributed by atoms with E-state index in [4.69, 9.17) is 21.5 Å². The van der Waals surface area contributed by atoms with E-state index >= 15 is 0 Å². The van der Waals surface area contributed by atoms with Gasteiger partial charge in [-0.05, 0) is 43.4 Å². The molecule has 0 atom stereocenters. The van der Waals surface area contributed by atoms with Crippen molar-refractivity contribution in [1.82, 2.24) is 0 Å². The van der Waals surface area contributed by atoms with Gasteiger partial charge in [-0.1, -0.05) is 36.9 Å². The second kappa shape index (κ2) is 6.95. The monoisotopic (exact) mass is 297 g/mol. The highest BCUT2D eigenvalue weighted by Crippen LogP contribution is 2.37. The third-order valence-electron chi connectivity index (χ3n) is 3.70. The molecular formula is C15H20ClNO3. The van der Waals surface area contributed by atoms with Gasteiger partial charge in [0.25, 0.3) is 0 Å². The van der Waals surface area contributed by atoms with Crippen molar-refractivity contribution in [3.05, 3.63) is 28.8 Å². The van der Waals surface area contributed by atoms with Crippen molar-refractivity contribution in [3.63, 3.8) is 0 Å². The molecule has 2 rings (SSSR count). The molecule has 1 N–H and O–H groups in total. The number of carbonyl (C=O) groups is 1. The topological polar surface area (TPSA) is 49.8 Å². The van der Waals surface area contributed by atoms with Crippen molar-refractivity contribution >= 4 is 23.4 Å². The lowest BCUT2D eigenvalue weighted by Gasteiger charge is -2.24. The first-order chi connectivity index (χ1) is 9.63. The number of carboxylic acid groups (broad SMARTS) is 1. The minimum absolute atomic E-state index is 0.286. The van der Waals surface area contributed by atoms with E-state index in [9.17, 15) is 4.79 Å². The molecule has 0 bridgehead atoms. The van der Waals surface area contributed by atoms with Gasteiger partial charge in [0.15, 0.2) is 0 Å². The van der Waals surface area contributed by atoms with Crippen molar-refractivity contribution in [2.24, 2.45) is 0 Å². The van der Waals surface area contributed by atoms with Gasteiger partial charge in [0.2, 0.25) is 0 Å². The van der Waals surface area contributed by atoms with Crippen LogP contribution in [0.1, 0.15) is 50.5 Å². The first-order valence-corrected chi connectivity index (χ1v) is 7.46. The van der Waals surface area contributed by atoms with Gasteiger partial charge >= 0.3 is 6.09 Å². The van der Waals surface area contributed by atoms with E-state index in [1.807, 2.05) is 6.07 Å². The molecule has 110 valence electrons. The molecule has 1 saturated carbocycles. The van der Waals surface area contributed by atoms with Crippen LogP contribution in [0.2, 0.25) is 5.02 Å². The molecular weight excluding hydrogens is 278 g/mol. The summed E-state index contributed by atoms with van der Waals surface area (Å²) >= 11 is 6.34. The van der Waals surface area contributed by atoms with Crippen molar-refractivity contribution < 1.29 is 14.7 Å². The van der Waals surface area contributed by atoms with Gasteiger partial charge in [-0.3, -0.25) is 4.84 Å². The lowest BCUT2D eigenvalue weighted by Crippen LogP contribution is -2.29. The van der Waals surface area contributed by atoms with Crippen molar-refractivity contribution in [2.45, 2.75) is 44.9 Å². The number of hydrogen-bond acceptors (Lipinski definition) is 2. The maximum Gasteiger partial charge on any atom is 0.436 e. The Hall–Kier alpha value is -1.26. The summed E-state index contributed by atoms with van der Waals surface area (Å²) in [6.07, 6.45) is 4.95. The van der Waals surface area contributed by atoms with Crippen LogP contribution in [0.25, 0.3) is 0 Å². The molecule has 0 aliphatic heterocycles. The highest BCUT2D eigenvalue weighted by Gasteiger charge is 2.21. The Balaban J connectivity index is 2.21. The van der Waals surface area contributed by atoms with E-state index in [1.165, 1.54) is 19.3 Å². The van der Waals surface area contributed by atoms with Crippen molar-refractivity contribution in [1.29, 1.82) is 0 Å². The van der Waals surface area contributed by atoms with Crippen LogP contribution >= 0.6 is 11.6 Å². The summed E-state index contributed by atoms with van der Waals surface area (Å²) in [5, 5.41) is 10.6. The summed E-state index contributed by atoms with van der Waals surface area (Å²) in [5.74, 6) is 0.496. The molecule has 0 saturated heterocycles. The molecule has 1 aliphatic carbocycles. The number of amides is 1. The van der Waals surface area contributed by atoms with Crippen LogP contribution in [-0.4, -0.2) is 17.8 Å². The number of hydrogen-bond donors (Lipinski definition) is 1. The van der Waals surface area contributed by atoms with Gasteiger partial charge in [-0.25, -0.2) is 4.79 Å². The minimum atomic E-state index is -1.15. The molecule has 1 amide bonds. The van der Waals surface area contributed by atoms with Crippen LogP contribution in [-0.2, 0) is 4.84 Å². The van der Waals surface area contributed by atoms with Crippen LogP contribution in [0.15, 0.2) is 18.2 Å². The number of rotatable bonds is 4. The fraction of sp³-hybridized carbons (Fsp3) is 0.533. The maximum absolute atomic E-state index is 11.1. The van der Waals surface area contributed by atoms with Crippen LogP contribution in [0.3, 0.4) is 0 Å². The smallest absolute Gasteiger partial charge is 0.436 e. The zero-order valence-electron chi connectivity index (χ0n) is 11.6. The number of halogens is 1. The Morgan fingerprint density at radius 2 is 2.10 bits per heavy atom. The van der Waals surface area contributed by atoms with Gasteiger partial charge < -0.3 is 5.11 Å². The molecule has 0 unspecified atom stereocenters. The molecule has 0 aromatic heterocycles. The number of nitrogens with zero attached hydrogens (tertiary/aromatic N) is 1. The standard InChI is InChI=1S/C15H20ClNO3/c1-2-20-17(15(18)19)12-8-9-13(14(16)10-12)11-6-4-3-5-7-11/h8-11H,2-7H2,1H3,(H,18,19). The molecule has 0 heterocycles. The minimum Gasteiger partial charge on any atom is -0.463 e. The summed E-state index contributed by atoms with van der Waals surface area (Å²) in [4.78, 5) is 16.3. The molecule has 4 nitrogen and oxygen atoms in total. The first-order valence-electron chi connectivity index (χ1n) is 7.09. The predicted octanol–water partition coefficient (Wildman–Crippen LogP) is 4.82. The van der Waals surface area contributed by atoms with Gasteiger partial charge in [0.1, 0.15) is 0 Å². The normalized spacial score (nSPS) is 16.1. The van der Waals surface area contributed by atoms with Gasteiger partial charge in [0, 0.05) is 5.02 Å². The van der Waals surface area contributed by atoms with E-state index in [2.05, 4.69) is 0 Å². The first kappa shape index (κ1) is 15.1. The average Bonchev–Trinajstić information content (AvgIpc) is 2.45. The number of hydroxylamine groups is 1. The molecule has 0 spiro atoms. The Kier molecular flexibility index (Phi) is 5.26. The largest absolute Gasteiger partial charge is 0.463 e. The van der Waals surface area contributed by atoms with Crippen LogP contribution in [0.5, 0.6) is 0 Å². The maximum atomic E-state index is 11.1. The second-order valence-electron chi connectivity index (χ2n) is 5.04. The Bertz CT molecular complexity index is 472. The van der Waals surface area contributed by atoms with E-state index < -0.39 is 6.09 Å². The fourth-order valence-electron chi connectivity index (χ4n) is 2.76. The number of anilines is 1. The number of benzene rings is 1. The highest BCUT2D eigenvalue weighted by atomic mass is 35.5. The molecule has 1 aliphatic rings. The Morgan fingerprint density at radius 3 is 2.65 bits per heavy atom. The van der Waals surface area contributed by atoms with Gasteiger partial charge in [0.05, 0.1) is 12.3 Å². The average molecular weight is 298 g/mol. The van der Waals surface area contributed by atoms with Crippen molar-refractivity contribution in [2.75, 3.05) is 11.7 Å². The summed E-state index contributed by atoms with van der Waals surface area (Å²) in [6, 6.07) is 5.37. The van der Waals surface area contributed by atoms with E-state index in [1.54, 1.807) is 19.1 Å². The van der Waals surface area contributed by atoms with Gasteiger partial charge in [-0.15, -0.1) is 0 Å². The molecule has 5 heteroatoms. The fourth-order valence-corrected chi connectivity index (χ4v) is 3.09. The second-order valence-corrected chi connectivity index (χ2v) is 5.44. The molecule has 1 aromatic rings. The predicted molar refractivity (Wildman–Crippen MR) is 79.4 cm³/mol. The van der Waals surface area contributed by atoms with E-state index in [0.29, 0.717) is 16.6 Å². The van der Waals surface area contributed by atoms with E-state index in [0.717, 1.165) is 23.5 Å². The quantitative estimate of drug-likeness (QED) is 0.810. The summed E-state index contributed by atoms with van der Waals surface area (Å²) in [5.41, 5.74) is 1.57. The molecule has 1 aromatic carbocycles.